The van der Waals surface area contributed by atoms with Gasteiger partial charge in [-0.1, -0.05) is 201 Å². The van der Waals surface area contributed by atoms with Crippen LogP contribution in [0.25, 0.3) is 66.8 Å². The number of hydrogen-bond donors (Lipinski definition) is 0. The molecule has 11 rings (SSSR count). The predicted octanol–water partition coefficient (Wildman–Crippen LogP) is 17.1. The zero-order valence-electron chi connectivity index (χ0n) is 34.9. The van der Waals surface area contributed by atoms with Crippen molar-refractivity contribution in [3.63, 3.8) is 0 Å². The van der Waals surface area contributed by atoms with E-state index in [9.17, 15) is 0 Å². The van der Waals surface area contributed by atoms with E-state index >= 15 is 0 Å². The van der Waals surface area contributed by atoms with Gasteiger partial charge in [0.2, 0.25) is 0 Å². The van der Waals surface area contributed by atoms with E-state index in [1.807, 2.05) is 0 Å². The molecular weight excluding hydrogens is 747 g/mol. The van der Waals surface area contributed by atoms with E-state index in [2.05, 4.69) is 235 Å². The lowest BCUT2D eigenvalue weighted by atomic mass is 9.83. The second-order valence-electron chi connectivity index (χ2n) is 17.3. The van der Waals surface area contributed by atoms with Gasteiger partial charge < -0.3 is 4.90 Å². The molecule has 298 valence electrons. The van der Waals surface area contributed by atoms with Crippen LogP contribution >= 0.6 is 0 Å². The van der Waals surface area contributed by atoms with Crippen molar-refractivity contribution < 1.29 is 0 Å². The summed E-state index contributed by atoms with van der Waals surface area (Å²) in [4.78, 5) is 2.36. The van der Waals surface area contributed by atoms with Gasteiger partial charge in [0.15, 0.2) is 0 Å². The fourth-order valence-corrected chi connectivity index (χ4v) is 10.3. The number of nitrogens with zero attached hydrogens (tertiary/aromatic N) is 1. The molecule has 2 aliphatic carbocycles. The summed E-state index contributed by atoms with van der Waals surface area (Å²) in [5, 5.41) is 0. The molecule has 2 saturated carbocycles. The highest BCUT2D eigenvalue weighted by molar-refractivity contribution is 5.82. The van der Waals surface area contributed by atoms with Gasteiger partial charge in [-0.05, 0) is 146 Å². The summed E-state index contributed by atoms with van der Waals surface area (Å²) in [6.45, 7) is 0. The third kappa shape index (κ3) is 7.68. The van der Waals surface area contributed by atoms with Crippen LogP contribution in [0.2, 0.25) is 0 Å². The minimum Gasteiger partial charge on any atom is -0.311 e. The molecule has 2 fully saturated rings. The number of anilines is 3. The highest BCUT2D eigenvalue weighted by atomic mass is 15.1. The first-order chi connectivity index (χ1) is 30.7. The van der Waals surface area contributed by atoms with E-state index in [0.29, 0.717) is 0 Å². The SMILES string of the molecule is c1ccc(-c2ccc(-c3ccc(N(c4ccc(-c5ccc(-c6ccccc6)cc5)cc4)c4ccc(-c5ccc(-c6ccc(C7CC8CCC7C8)cc6)cc5)cc4)cc3)cc2)cc1. The molecule has 0 spiro atoms. The van der Waals surface area contributed by atoms with Crippen LogP contribution in [0.5, 0.6) is 0 Å². The zero-order valence-corrected chi connectivity index (χ0v) is 34.9. The maximum absolute atomic E-state index is 2.40. The van der Waals surface area contributed by atoms with Crippen molar-refractivity contribution in [2.45, 2.75) is 31.6 Å². The van der Waals surface area contributed by atoms with E-state index in [0.717, 1.165) is 34.8 Å². The molecule has 0 amide bonds. The Bertz CT molecular complexity index is 2750. The van der Waals surface area contributed by atoms with Crippen molar-refractivity contribution in [1.29, 1.82) is 0 Å². The number of rotatable bonds is 10. The second kappa shape index (κ2) is 16.7. The molecule has 2 aliphatic rings. The highest BCUT2D eigenvalue weighted by Crippen LogP contribution is 2.53. The Balaban J connectivity index is 0.858. The van der Waals surface area contributed by atoms with Crippen LogP contribution < -0.4 is 4.90 Å². The first kappa shape index (κ1) is 37.8. The normalized spacial score (nSPS) is 16.6. The maximum Gasteiger partial charge on any atom is 0.0462 e. The average Bonchev–Trinajstić information content (AvgIpc) is 4.01. The van der Waals surface area contributed by atoms with Gasteiger partial charge in [0.05, 0.1) is 0 Å². The van der Waals surface area contributed by atoms with Gasteiger partial charge in [-0.3, -0.25) is 0 Å². The van der Waals surface area contributed by atoms with Crippen LogP contribution in [0.1, 0.15) is 37.2 Å². The smallest absolute Gasteiger partial charge is 0.0462 e. The van der Waals surface area contributed by atoms with Crippen molar-refractivity contribution >= 4 is 17.1 Å². The lowest BCUT2D eigenvalue weighted by Crippen LogP contribution is -2.09. The molecule has 1 heteroatoms. The van der Waals surface area contributed by atoms with Gasteiger partial charge in [0.25, 0.3) is 0 Å². The lowest BCUT2D eigenvalue weighted by molar-refractivity contribution is 0.420. The fraction of sp³-hybridized carbons (Fsp3) is 0.115. The Kier molecular flexibility index (Phi) is 10.2. The van der Waals surface area contributed by atoms with Gasteiger partial charge in [0, 0.05) is 17.1 Å². The highest BCUT2D eigenvalue weighted by Gasteiger charge is 2.40. The average molecular weight is 796 g/mol. The Morgan fingerprint density at radius 1 is 0.258 bits per heavy atom. The van der Waals surface area contributed by atoms with Gasteiger partial charge in [-0.25, -0.2) is 0 Å². The number of hydrogen-bond acceptors (Lipinski definition) is 1. The third-order valence-corrected chi connectivity index (χ3v) is 13.7. The standard InChI is InChI=1S/C61H49N/c1-3-7-44(8-4-1)46-13-17-49(18-14-46)53-29-35-58(36-30-53)62(59-37-31-54(32-38-59)50-19-15-47(16-20-50)45-9-5-2-6-10-45)60-39-33-55(34-40-60)51-23-21-48(22-24-51)52-25-27-56(28-26-52)61-42-43-11-12-57(61)41-43/h1-10,13-40,43,57,61H,11-12,41-42H2. The molecule has 0 aromatic heterocycles. The summed E-state index contributed by atoms with van der Waals surface area (Å²) < 4.78 is 0. The summed E-state index contributed by atoms with van der Waals surface area (Å²) in [5.41, 5.74) is 19.6. The topological polar surface area (TPSA) is 3.24 Å². The monoisotopic (exact) mass is 795 g/mol. The Morgan fingerprint density at radius 3 is 0.806 bits per heavy atom. The molecule has 0 saturated heterocycles. The van der Waals surface area contributed by atoms with Crippen molar-refractivity contribution in [1.82, 2.24) is 0 Å². The number of fused-ring (bicyclic) bond motifs is 2. The van der Waals surface area contributed by atoms with E-state index < -0.39 is 0 Å². The third-order valence-electron chi connectivity index (χ3n) is 13.7. The first-order valence-electron chi connectivity index (χ1n) is 22.3. The Morgan fingerprint density at radius 2 is 0.532 bits per heavy atom. The molecule has 3 atom stereocenters. The van der Waals surface area contributed by atoms with Crippen LogP contribution in [0, 0.1) is 11.8 Å². The maximum atomic E-state index is 2.40. The van der Waals surface area contributed by atoms with Crippen molar-refractivity contribution in [2.75, 3.05) is 4.90 Å². The van der Waals surface area contributed by atoms with E-state index in [-0.39, 0.29) is 0 Å². The molecule has 0 radical (unpaired) electrons. The van der Waals surface area contributed by atoms with Crippen molar-refractivity contribution in [3.05, 3.63) is 236 Å². The Labute approximate surface area is 366 Å². The van der Waals surface area contributed by atoms with Crippen LogP contribution in [-0.2, 0) is 0 Å². The van der Waals surface area contributed by atoms with E-state index in [1.165, 1.54) is 92.4 Å². The van der Waals surface area contributed by atoms with Crippen LogP contribution in [0.15, 0.2) is 231 Å². The molecule has 3 unspecified atom stereocenters. The lowest BCUT2D eigenvalue weighted by Gasteiger charge is -2.26. The van der Waals surface area contributed by atoms with Crippen molar-refractivity contribution in [2.24, 2.45) is 11.8 Å². The summed E-state index contributed by atoms with van der Waals surface area (Å²) in [7, 11) is 0. The van der Waals surface area contributed by atoms with Crippen LogP contribution in [0.4, 0.5) is 17.1 Å². The van der Waals surface area contributed by atoms with E-state index in [4.69, 9.17) is 0 Å². The Hall–Kier alpha value is -7.22. The zero-order chi connectivity index (χ0) is 41.2. The predicted molar refractivity (Wildman–Crippen MR) is 262 cm³/mol. The summed E-state index contributed by atoms with van der Waals surface area (Å²) in [6.07, 6.45) is 5.72. The molecular formula is C61H49N. The largest absolute Gasteiger partial charge is 0.311 e. The molecule has 62 heavy (non-hydrogen) atoms. The van der Waals surface area contributed by atoms with Gasteiger partial charge in [0.1, 0.15) is 0 Å². The van der Waals surface area contributed by atoms with Gasteiger partial charge in [-0.15, -0.1) is 0 Å². The fourth-order valence-electron chi connectivity index (χ4n) is 10.3. The number of benzene rings is 9. The van der Waals surface area contributed by atoms with Crippen molar-refractivity contribution in [3.8, 4) is 66.8 Å². The minimum absolute atomic E-state index is 0.773. The summed E-state index contributed by atoms with van der Waals surface area (Å²) in [6, 6.07) is 84.4. The minimum atomic E-state index is 0.773. The molecule has 9 aromatic rings. The molecule has 0 aliphatic heterocycles. The molecule has 2 bridgehead atoms. The van der Waals surface area contributed by atoms with E-state index in [1.54, 1.807) is 5.56 Å². The molecule has 9 aromatic carbocycles. The van der Waals surface area contributed by atoms with Crippen LogP contribution in [0.3, 0.4) is 0 Å². The van der Waals surface area contributed by atoms with Gasteiger partial charge >= 0.3 is 0 Å². The molecule has 0 heterocycles. The summed E-state index contributed by atoms with van der Waals surface area (Å²) >= 11 is 0. The quantitative estimate of drug-likeness (QED) is 0.133. The molecule has 1 nitrogen and oxygen atoms in total. The second-order valence-corrected chi connectivity index (χ2v) is 17.3. The van der Waals surface area contributed by atoms with Gasteiger partial charge in [-0.2, -0.15) is 0 Å². The summed E-state index contributed by atoms with van der Waals surface area (Å²) in [5.74, 6) is 2.65. The first-order valence-corrected chi connectivity index (χ1v) is 22.3. The van der Waals surface area contributed by atoms with Crippen LogP contribution in [-0.4, -0.2) is 0 Å². The molecule has 0 N–H and O–H groups in total.